The number of aryl methyl sites for hydroxylation is 1. The number of nitrogens with two attached hydrogens (primary N) is 1. The maximum absolute atomic E-state index is 12.2. The van der Waals surface area contributed by atoms with E-state index in [-0.39, 0.29) is 17.0 Å². The van der Waals surface area contributed by atoms with Gasteiger partial charge >= 0.3 is 0 Å². The van der Waals surface area contributed by atoms with Crippen LogP contribution in [0.3, 0.4) is 0 Å². The van der Waals surface area contributed by atoms with Gasteiger partial charge in [-0.1, -0.05) is 23.7 Å². The van der Waals surface area contributed by atoms with Gasteiger partial charge in [0.15, 0.2) is 0 Å². The van der Waals surface area contributed by atoms with Crippen molar-refractivity contribution in [3.8, 4) is 0 Å². The molecule has 0 bridgehead atoms. The van der Waals surface area contributed by atoms with E-state index in [2.05, 4.69) is 20.3 Å². The van der Waals surface area contributed by atoms with Gasteiger partial charge in [-0.25, -0.2) is 9.97 Å². The summed E-state index contributed by atoms with van der Waals surface area (Å²) in [5, 5.41) is 3.74. The average molecular weight is 302 g/mol. The summed E-state index contributed by atoms with van der Waals surface area (Å²) in [7, 11) is 0. The number of rotatable bonds is 2. The van der Waals surface area contributed by atoms with Gasteiger partial charge < -0.3 is 10.7 Å². The van der Waals surface area contributed by atoms with E-state index < -0.39 is 0 Å². The van der Waals surface area contributed by atoms with Crippen LogP contribution in [0.4, 0.5) is 11.6 Å². The molecule has 4 N–H and O–H groups in total. The molecule has 2 heterocycles. The lowest BCUT2D eigenvalue weighted by atomic mass is 10.2. The fourth-order valence-electron chi connectivity index (χ4n) is 2.06. The van der Waals surface area contributed by atoms with Crippen molar-refractivity contribution in [2.24, 2.45) is 0 Å². The Balaban J connectivity index is 1.91. The third kappa shape index (κ3) is 2.66. The molecule has 3 rings (SSSR count). The average Bonchev–Trinajstić information content (AvgIpc) is 2.83. The largest absolute Gasteiger partial charge is 0.397 e. The highest BCUT2D eigenvalue weighted by molar-refractivity contribution is 6.29. The minimum atomic E-state index is -0.354. The van der Waals surface area contributed by atoms with E-state index in [0.29, 0.717) is 17.1 Å². The first-order valence-corrected chi connectivity index (χ1v) is 6.60. The molecule has 0 saturated carbocycles. The minimum Gasteiger partial charge on any atom is -0.397 e. The van der Waals surface area contributed by atoms with Crippen LogP contribution in [0.2, 0.25) is 5.15 Å². The van der Waals surface area contributed by atoms with Crippen LogP contribution in [0.1, 0.15) is 16.2 Å². The molecular weight excluding hydrogens is 290 g/mol. The maximum Gasteiger partial charge on any atom is 0.274 e. The van der Waals surface area contributed by atoms with Crippen molar-refractivity contribution >= 4 is 40.0 Å². The van der Waals surface area contributed by atoms with Gasteiger partial charge in [0.1, 0.15) is 10.8 Å². The van der Waals surface area contributed by atoms with E-state index >= 15 is 0 Å². The first-order chi connectivity index (χ1) is 10.0. The fraction of sp³-hybridized carbons (Fsp3) is 0.0714. The highest BCUT2D eigenvalue weighted by Gasteiger charge is 2.12. The van der Waals surface area contributed by atoms with E-state index in [0.717, 1.165) is 10.9 Å². The molecule has 0 saturated heterocycles. The highest BCUT2D eigenvalue weighted by Crippen LogP contribution is 2.21. The van der Waals surface area contributed by atoms with E-state index in [9.17, 15) is 4.79 Å². The van der Waals surface area contributed by atoms with Crippen LogP contribution in [-0.2, 0) is 0 Å². The van der Waals surface area contributed by atoms with Crippen molar-refractivity contribution in [1.82, 2.24) is 15.0 Å². The second kappa shape index (κ2) is 5.06. The molecule has 1 amide bonds. The van der Waals surface area contributed by atoms with Crippen molar-refractivity contribution in [3.63, 3.8) is 0 Å². The van der Waals surface area contributed by atoms with Gasteiger partial charge in [0.2, 0.25) is 5.95 Å². The Morgan fingerprint density at radius 3 is 2.86 bits per heavy atom. The van der Waals surface area contributed by atoms with Crippen LogP contribution in [-0.4, -0.2) is 20.9 Å². The van der Waals surface area contributed by atoms with Gasteiger partial charge in [-0.3, -0.25) is 10.1 Å². The molecule has 21 heavy (non-hydrogen) atoms. The summed E-state index contributed by atoms with van der Waals surface area (Å²) in [5.41, 5.74) is 8.22. The lowest BCUT2D eigenvalue weighted by Gasteiger charge is -2.03. The molecule has 0 aliphatic rings. The monoisotopic (exact) mass is 301 g/mol. The van der Waals surface area contributed by atoms with Crippen molar-refractivity contribution < 1.29 is 4.79 Å². The molecule has 1 aromatic carbocycles. The summed E-state index contributed by atoms with van der Waals surface area (Å²) in [6.07, 6.45) is 0. The fourth-order valence-corrected chi connectivity index (χ4v) is 2.29. The zero-order valence-corrected chi connectivity index (χ0v) is 11.9. The topological polar surface area (TPSA) is 96.7 Å². The Kier molecular flexibility index (Phi) is 3.23. The SMILES string of the molecule is Cc1cc(Cl)nc(NC(=O)c2cc3cccc(N)c3[nH]2)n1. The number of hydrogen-bond donors (Lipinski definition) is 3. The summed E-state index contributed by atoms with van der Waals surface area (Å²) in [5.74, 6) is -0.191. The van der Waals surface area contributed by atoms with Crippen LogP contribution in [0.15, 0.2) is 30.3 Å². The summed E-state index contributed by atoms with van der Waals surface area (Å²) in [6.45, 7) is 1.77. The second-order valence-electron chi connectivity index (χ2n) is 4.60. The number of amides is 1. The van der Waals surface area contributed by atoms with Gasteiger partial charge in [0.25, 0.3) is 5.91 Å². The number of carbonyl (C=O) groups is 1. The van der Waals surface area contributed by atoms with Crippen molar-refractivity contribution in [2.45, 2.75) is 6.92 Å². The number of anilines is 2. The Morgan fingerprint density at radius 2 is 2.14 bits per heavy atom. The lowest BCUT2D eigenvalue weighted by Crippen LogP contribution is -2.15. The third-order valence-electron chi connectivity index (χ3n) is 2.98. The number of nitrogens with one attached hydrogen (secondary N) is 2. The van der Waals surface area contributed by atoms with Gasteiger partial charge in [-0.05, 0) is 25.1 Å². The first kappa shape index (κ1) is 13.4. The lowest BCUT2D eigenvalue weighted by molar-refractivity contribution is 0.102. The number of carbonyl (C=O) groups excluding carboxylic acids is 1. The zero-order valence-electron chi connectivity index (χ0n) is 11.1. The van der Waals surface area contributed by atoms with E-state index in [1.165, 1.54) is 0 Å². The standard InChI is InChI=1S/C14H12ClN5O/c1-7-5-11(15)19-14(17-7)20-13(21)10-6-8-3-2-4-9(16)12(8)18-10/h2-6,18H,16H2,1H3,(H,17,19,20,21). The first-order valence-electron chi connectivity index (χ1n) is 6.22. The van der Waals surface area contributed by atoms with Crippen molar-refractivity contribution in [3.05, 3.63) is 46.9 Å². The molecule has 0 aliphatic heterocycles. The number of halogens is 1. The van der Waals surface area contributed by atoms with Gasteiger partial charge in [0.05, 0.1) is 11.2 Å². The molecule has 0 atom stereocenters. The Morgan fingerprint density at radius 1 is 1.33 bits per heavy atom. The summed E-state index contributed by atoms with van der Waals surface area (Å²) < 4.78 is 0. The highest BCUT2D eigenvalue weighted by atomic mass is 35.5. The molecular formula is C14H12ClN5O. The number of fused-ring (bicyclic) bond motifs is 1. The quantitative estimate of drug-likeness (QED) is 0.501. The molecule has 0 spiro atoms. The predicted octanol–water partition coefficient (Wildman–Crippen LogP) is 2.75. The number of nitrogen functional groups attached to an aromatic ring is 1. The zero-order chi connectivity index (χ0) is 15.0. The molecule has 3 aromatic rings. The van der Waals surface area contributed by atoms with Crippen molar-refractivity contribution in [1.29, 1.82) is 0 Å². The Bertz CT molecular complexity index is 822. The minimum absolute atomic E-state index is 0.164. The molecule has 0 aliphatic carbocycles. The number of H-pyrrole nitrogens is 1. The molecule has 0 fully saturated rings. The smallest absolute Gasteiger partial charge is 0.274 e. The number of aromatic amines is 1. The van der Waals surface area contributed by atoms with Gasteiger partial charge in [-0.15, -0.1) is 0 Å². The third-order valence-corrected chi connectivity index (χ3v) is 3.17. The van der Waals surface area contributed by atoms with E-state index in [1.54, 1.807) is 25.1 Å². The van der Waals surface area contributed by atoms with Crippen LogP contribution in [0.5, 0.6) is 0 Å². The summed E-state index contributed by atoms with van der Waals surface area (Å²) in [6, 6.07) is 8.80. The predicted molar refractivity (Wildman–Crippen MR) is 82.4 cm³/mol. The normalized spacial score (nSPS) is 10.8. The van der Waals surface area contributed by atoms with Crippen molar-refractivity contribution in [2.75, 3.05) is 11.1 Å². The number of hydrogen-bond acceptors (Lipinski definition) is 4. The van der Waals surface area contributed by atoms with E-state index in [1.807, 2.05) is 12.1 Å². The number of para-hydroxylation sites is 1. The molecule has 0 unspecified atom stereocenters. The van der Waals surface area contributed by atoms with E-state index in [4.69, 9.17) is 17.3 Å². The molecule has 7 heteroatoms. The van der Waals surface area contributed by atoms with Gasteiger partial charge in [0, 0.05) is 11.1 Å². The molecule has 2 aromatic heterocycles. The molecule has 6 nitrogen and oxygen atoms in total. The van der Waals surface area contributed by atoms with Crippen LogP contribution >= 0.6 is 11.6 Å². The Labute approximate surface area is 125 Å². The van der Waals surface area contributed by atoms with Crippen LogP contribution < -0.4 is 11.1 Å². The summed E-state index contributed by atoms with van der Waals surface area (Å²) in [4.78, 5) is 23.3. The Hall–Kier alpha value is -2.60. The second-order valence-corrected chi connectivity index (χ2v) is 4.99. The maximum atomic E-state index is 12.2. The molecule has 0 radical (unpaired) electrons. The number of aromatic nitrogens is 3. The number of nitrogens with zero attached hydrogens (tertiary/aromatic N) is 2. The van der Waals surface area contributed by atoms with Gasteiger partial charge in [-0.2, -0.15) is 0 Å². The van der Waals surface area contributed by atoms with Crippen LogP contribution in [0, 0.1) is 6.92 Å². The molecule has 106 valence electrons. The summed E-state index contributed by atoms with van der Waals surface area (Å²) >= 11 is 5.84. The van der Waals surface area contributed by atoms with Crippen LogP contribution in [0.25, 0.3) is 10.9 Å². The number of benzene rings is 1.